The summed E-state index contributed by atoms with van der Waals surface area (Å²) in [5.74, 6) is 0.551. The van der Waals surface area contributed by atoms with E-state index in [0.29, 0.717) is 45.2 Å². The molecule has 0 unspecified atom stereocenters. The Morgan fingerprint density at radius 3 is 2.62 bits per heavy atom. The summed E-state index contributed by atoms with van der Waals surface area (Å²) in [7, 11) is 1.47. The van der Waals surface area contributed by atoms with Crippen LogP contribution in [0.25, 0.3) is 33.5 Å². The van der Waals surface area contributed by atoms with Crippen LogP contribution < -0.4 is 10.1 Å². The number of alkyl halides is 2. The second-order valence-electron chi connectivity index (χ2n) is 9.20. The van der Waals surface area contributed by atoms with Crippen LogP contribution in [0.15, 0.2) is 67.3 Å². The van der Waals surface area contributed by atoms with Crippen LogP contribution in [0, 0.1) is 0 Å². The van der Waals surface area contributed by atoms with Gasteiger partial charge in [0, 0.05) is 41.2 Å². The summed E-state index contributed by atoms with van der Waals surface area (Å²) in [5.41, 5.74) is 4.26. The fraction of sp³-hybridized carbons (Fsp3) is 0.214. The molecule has 4 heterocycles. The predicted molar refractivity (Wildman–Crippen MR) is 141 cm³/mol. The van der Waals surface area contributed by atoms with Gasteiger partial charge in [-0.15, -0.1) is 0 Å². The second kappa shape index (κ2) is 10.2. The van der Waals surface area contributed by atoms with E-state index >= 15 is 0 Å². The van der Waals surface area contributed by atoms with Gasteiger partial charge in [-0.25, -0.2) is 23.7 Å². The predicted octanol–water partition coefficient (Wildman–Crippen LogP) is 5.35. The third-order valence-electron chi connectivity index (χ3n) is 6.46. The highest BCUT2D eigenvalue weighted by Gasteiger charge is 2.25. The number of benzene rings is 1. The quantitative estimate of drug-likeness (QED) is 0.290. The van der Waals surface area contributed by atoms with Crippen molar-refractivity contribution in [3.8, 4) is 28.3 Å². The minimum Gasteiger partial charge on any atom is -0.493 e. The molecule has 1 N–H and O–H groups in total. The molecule has 9 nitrogen and oxygen atoms in total. The number of nitrogens with zero attached hydrogens (tertiary/aromatic N) is 6. The van der Waals surface area contributed by atoms with Gasteiger partial charge in [0.05, 0.1) is 18.2 Å². The Morgan fingerprint density at radius 1 is 1.10 bits per heavy atom. The SMILES string of the molecule is COc1cc2ncnc(-c3cn(CC(F)F)nc3-c3ccccc3)c2nc1NC(=O)c1ccc(C2CC2)nc1. The van der Waals surface area contributed by atoms with Gasteiger partial charge in [-0.1, -0.05) is 30.3 Å². The first-order valence-electron chi connectivity index (χ1n) is 12.4. The third-order valence-corrected chi connectivity index (χ3v) is 6.46. The average molecular weight is 528 g/mol. The highest BCUT2D eigenvalue weighted by molar-refractivity contribution is 6.05. The van der Waals surface area contributed by atoms with Crippen LogP contribution in [0.1, 0.15) is 34.8 Å². The Labute approximate surface area is 221 Å². The summed E-state index contributed by atoms with van der Waals surface area (Å²) in [4.78, 5) is 30.9. The largest absolute Gasteiger partial charge is 0.493 e. The molecule has 1 aliphatic rings. The molecule has 0 aliphatic heterocycles. The third kappa shape index (κ3) is 5.02. The molecule has 11 heteroatoms. The molecule has 0 atom stereocenters. The van der Waals surface area contributed by atoms with E-state index in [1.165, 1.54) is 24.3 Å². The topological polar surface area (TPSA) is 108 Å². The van der Waals surface area contributed by atoms with Crippen LogP contribution in [-0.2, 0) is 6.54 Å². The van der Waals surface area contributed by atoms with Gasteiger partial charge in [0.15, 0.2) is 11.6 Å². The number of pyridine rings is 2. The number of hydrogen-bond donors (Lipinski definition) is 1. The minimum atomic E-state index is -2.58. The van der Waals surface area contributed by atoms with Gasteiger partial charge >= 0.3 is 0 Å². The van der Waals surface area contributed by atoms with Gasteiger partial charge in [-0.2, -0.15) is 5.10 Å². The van der Waals surface area contributed by atoms with E-state index in [-0.39, 0.29) is 5.82 Å². The summed E-state index contributed by atoms with van der Waals surface area (Å²) in [5, 5.41) is 7.22. The molecule has 4 aromatic heterocycles. The van der Waals surface area contributed by atoms with Crippen LogP contribution in [0.5, 0.6) is 5.75 Å². The number of amides is 1. The van der Waals surface area contributed by atoms with Crippen molar-refractivity contribution in [1.29, 1.82) is 0 Å². The van der Waals surface area contributed by atoms with Crippen LogP contribution in [0.2, 0.25) is 0 Å². The van der Waals surface area contributed by atoms with Crippen molar-refractivity contribution in [2.24, 2.45) is 0 Å². The van der Waals surface area contributed by atoms with E-state index in [4.69, 9.17) is 4.74 Å². The maximum absolute atomic E-state index is 13.2. The Balaban J connectivity index is 1.42. The lowest BCUT2D eigenvalue weighted by Gasteiger charge is -2.12. The van der Waals surface area contributed by atoms with Gasteiger partial charge < -0.3 is 10.1 Å². The van der Waals surface area contributed by atoms with Crippen molar-refractivity contribution in [2.75, 3.05) is 12.4 Å². The lowest BCUT2D eigenvalue weighted by Crippen LogP contribution is -2.14. The zero-order valence-electron chi connectivity index (χ0n) is 20.9. The molecular weight excluding hydrogens is 504 g/mol. The molecule has 1 fully saturated rings. The van der Waals surface area contributed by atoms with Crippen LogP contribution >= 0.6 is 0 Å². The second-order valence-corrected chi connectivity index (χ2v) is 9.20. The van der Waals surface area contributed by atoms with Crippen LogP contribution in [-0.4, -0.2) is 49.2 Å². The molecule has 6 rings (SSSR count). The Morgan fingerprint density at radius 2 is 1.92 bits per heavy atom. The number of anilines is 1. The van der Waals surface area contributed by atoms with E-state index in [1.807, 2.05) is 36.4 Å². The number of carbonyl (C=O) groups excluding carboxylic acids is 1. The molecule has 0 bridgehead atoms. The Bertz CT molecular complexity index is 1650. The molecule has 0 saturated heterocycles. The summed E-state index contributed by atoms with van der Waals surface area (Å²) in [6.45, 7) is -0.570. The van der Waals surface area contributed by atoms with Gasteiger partial charge in [0.2, 0.25) is 0 Å². The first-order chi connectivity index (χ1) is 19.0. The number of carbonyl (C=O) groups is 1. The zero-order valence-corrected chi connectivity index (χ0v) is 20.9. The number of halogens is 2. The zero-order chi connectivity index (χ0) is 26.9. The van der Waals surface area contributed by atoms with Crippen molar-refractivity contribution in [1.82, 2.24) is 29.7 Å². The lowest BCUT2D eigenvalue weighted by atomic mass is 10.0. The highest BCUT2D eigenvalue weighted by atomic mass is 19.3. The van der Waals surface area contributed by atoms with Crippen LogP contribution in [0.3, 0.4) is 0 Å². The lowest BCUT2D eigenvalue weighted by molar-refractivity contribution is 0.102. The van der Waals surface area contributed by atoms with E-state index < -0.39 is 18.9 Å². The molecule has 5 aromatic rings. The molecule has 1 saturated carbocycles. The smallest absolute Gasteiger partial charge is 0.258 e. The minimum absolute atomic E-state index is 0.165. The number of rotatable bonds is 8. The summed E-state index contributed by atoms with van der Waals surface area (Å²) < 4.78 is 33.1. The van der Waals surface area contributed by atoms with Gasteiger partial charge in [0.25, 0.3) is 12.3 Å². The fourth-order valence-corrected chi connectivity index (χ4v) is 4.39. The Kier molecular flexibility index (Phi) is 6.39. The molecule has 0 spiro atoms. The van der Waals surface area contributed by atoms with Crippen molar-refractivity contribution in [3.63, 3.8) is 0 Å². The van der Waals surface area contributed by atoms with E-state index in [2.05, 4.69) is 30.4 Å². The van der Waals surface area contributed by atoms with Gasteiger partial charge in [0.1, 0.15) is 29.8 Å². The molecule has 1 aliphatic carbocycles. The molecular formula is C28H23F2N7O2. The first-order valence-corrected chi connectivity index (χ1v) is 12.4. The number of nitrogens with one attached hydrogen (secondary N) is 1. The average Bonchev–Trinajstić information content (AvgIpc) is 3.73. The number of hydrogen-bond acceptors (Lipinski definition) is 7. The number of methoxy groups -OCH3 is 1. The number of ether oxygens (including phenoxy) is 1. The maximum atomic E-state index is 13.2. The van der Waals surface area contributed by atoms with E-state index in [9.17, 15) is 13.6 Å². The standard InChI is InChI=1S/C28H23F2N7O2/c1-39-22-11-21-26(34-27(22)35-28(38)18-9-10-20(31-12-18)16-7-8-16)25(33-15-32-21)19-13-37(14-23(29)30)36-24(19)17-5-3-2-4-6-17/h2-6,9-13,15-16,23H,7-8,14H2,1H3,(H,34,35,38). The molecule has 0 radical (unpaired) electrons. The fourth-order valence-electron chi connectivity index (χ4n) is 4.39. The van der Waals surface area contributed by atoms with Crippen LogP contribution in [0.4, 0.5) is 14.6 Å². The van der Waals surface area contributed by atoms with Gasteiger partial charge in [-0.05, 0) is 25.0 Å². The first kappa shape index (κ1) is 24.5. The maximum Gasteiger partial charge on any atom is 0.258 e. The summed E-state index contributed by atoms with van der Waals surface area (Å²) >= 11 is 0. The van der Waals surface area contributed by atoms with Gasteiger partial charge in [-0.3, -0.25) is 14.5 Å². The van der Waals surface area contributed by atoms with E-state index in [0.717, 1.165) is 24.1 Å². The van der Waals surface area contributed by atoms with Crippen molar-refractivity contribution in [3.05, 3.63) is 78.5 Å². The summed E-state index contributed by atoms with van der Waals surface area (Å²) in [6, 6.07) is 14.5. The molecule has 1 amide bonds. The number of fused-ring (bicyclic) bond motifs is 1. The van der Waals surface area contributed by atoms with Crippen molar-refractivity contribution >= 4 is 22.8 Å². The van der Waals surface area contributed by atoms with Crippen molar-refractivity contribution in [2.45, 2.75) is 31.7 Å². The van der Waals surface area contributed by atoms with E-state index in [1.54, 1.807) is 18.3 Å². The van der Waals surface area contributed by atoms with Crippen molar-refractivity contribution < 1.29 is 18.3 Å². The molecule has 196 valence electrons. The highest BCUT2D eigenvalue weighted by Crippen LogP contribution is 2.39. The molecule has 1 aromatic carbocycles. The molecule has 39 heavy (non-hydrogen) atoms. The Hall–Kier alpha value is -4.80. The summed E-state index contributed by atoms with van der Waals surface area (Å²) in [6.07, 6.45) is 4.09. The normalized spacial score (nSPS) is 13.1. The monoisotopic (exact) mass is 527 g/mol. The number of aromatic nitrogens is 6.